The molecular weight excluding hydrogens is 433 g/mol. The topological polar surface area (TPSA) is 78.5 Å². The van der Waals surface area contributed by atoms with Crippen LogP contribution in [0.2, 0.25) is 10.0 Å². The minimum absolute atomic E-state index is 0.0509. The first kappa shape index (κ1) is 21.9. The van der Waals surface area contributed by atoms with Crippen molar-refractivity contribution < 1.29 is 13.2 Å². The fourth-order valence-electron chi connectivity index (χ4n) is 3.41. The normalized spacial score (nSPS) is 17.7. The third kappa shape index (κ3) is 5.42. The van der Waals surface area contributed by atoms with E-state index in [9.17, 15) is 13.2 Å². The predicted octanol–water partition coefficient (Wildman–Crippen LogP) is 4.24. The van der Waals surface area contributed by atoms with Crippen molar-refractivity contribution in [1.29, 1.82) is 0 Å². The summed E-state index contributed by atoms with van der Waals surface area (Å²) >= 11 is 11.9. The molecule has 9 heteroatoms. The third-order valence-electron chi connectivity index (χ3n) is 4.98. The number of nitrogens with zero attached hydrogens (tertiary/aromatic N) is 1. The van der Waals surface area contributed by atoms with Gasteiger partial charge < -0.3 is 0 Å². The van der Waals surface area contributed by atoms with E-state index in [-0.39, 0.29) is 23.1 Å². The van der Waals surface area contributed by atoms with E-state index in [2.05, 4.69) is 10.9 Å². The van der Waals surface area contributed by atoms with Crippen LogP contribution in [0.15, 0.2) is 47.4 Å². The summed E-state index contributed by atoms with van der Waals surface area (Å²) in [5, 5.41) is 1.03. The number of piperidine rings is 1. The maximum Gasteiger partial charge on any atom is 0.243 e. The van der Waals surface area contributed by atoms with E-state index < -0.39 is 10.0 Å². The third-order valence-corrected chi connectivity index (χ3v) is 7.65. The van der Waals surface area contributed by atoms with Crippen molar-refractivity contribution in [2.45, 2.75) is 31.1 Å². The van der Waals surface area contributed by atoms with Crippen LogP contribution in [0.5, 0.6) is 0 Å². The Labute approximate surface area is 181 Å². The fraction of sp³-hybridized carbons (Fsp3) is 0.350. The van der Waals surface area contributed by atoms with E-state index in [1.54, 1.807) is 49.4 Å². The van der Waals surface area contributed by atoms with E-state index in [1.807, 2.05) is 0 Å². The van der Waals surface area contributed by atoms with Gasteiger partial charge in [0.1, 0.15) is 0 Å². The molecule has 1 fully saturated rings. The lowest BCUT2D eigenvalue weighted by molar-refractivity contribution is -0.121. The molecule has 0 bridgehead atoms. The fourth-order valence-corrected chi connectivity index (χ4v) is 5.57. The van der Waals surface area contributed by atoms with Gasteiger partial charge in [-0.2, -0.15) is 4.31 Å². The molecule has 0 radical (unpaired) electrons. The van der Waals surface area contributed by atoms with Crippen LogP contribution >= 0.6 is 23.2 Å². The van der Waals surface area contributed by atoms with Crippen molar-refractivity contribution in [3.05, 3.63) is 58.1 Å². The number of rotatable bonds is 6. The van der Waals surface area contributed by atoms with Crippen molar-refractivity contribution >= 4 is 44.8 Å². The molecule has 2 aromatic rings. The molecule has 2 aromatic carbocycles. The molecule has 1 aliphatic heterocycles. The zero-order chi connectivity index (χ0) is 21.0. The second kappa shape index (κ2) is 9.34. The van der Waals surface area contributed by atoms with Gasteiger partial charge in [-0.3, -0.25) is 15.6 Å². The SMILES string of the molecule is Cc1c(Cl)cccc1S(=O)(=O)N1CCCC(CC(=O)NNc2ccc(Cl)cc2)C1. The monoisotopic (exact) mass is 455 g/mol. The molecule has 3 rings (SSSR count). The summed E-state index contributed by atoms with van der Waals surface area (Å²) in [6, 6.07) is 11.8. The highest BCUT2D eigenvalue weighted by Gasteiger charge is 2.32. The van der Waals surface area contributed by atoms with Crippen molar-refractivity contribution in [1.82, 2.24) is 9.73 Å². The number of halogens is 2. The van der Waals surface area contributed by atoms with Gasteiger partial charge in [0, 0.05) is 29.6 Å². The molecule has 1 unspecified atom stereocenters. The van der Waals surface area contributed by atoms with Crippen LogP contribution in [0.3, 0.4) is 0 Å². The largest absolute Gasteiger partial charge is 0.299 e. The number of sulfonamides is 1. The number of amides is 1. The first-order chi connectivity index (χ1) is 13.8. The van der Waals surface area contributed by atoms with Gasteiger partial charge in [0.05, 0.1) is 10.6 Å². The molecule has 1 saturated heterocycles. The van der Waals surface area contributed by atoms with E-state index >= 15 is 0 Å². The van der Waals surface area contributed by atoms with Gasteiger partial charge in [-0.25, -0.2) is 8.42 Å². The highest BCUT2D eigenvalue weighted by molar-refractivity contribution is 7.89. The Morgan fingerprint density at radius 2 is 1.90 bits per heavy atom. The van der Waals surface area contributed by atoms with Gasteiger partial charge >= 0.3 is 0 Å². The number of hydrazine groups is 1. The van der Waals surface area contributed by atoms with Gasteiger partial charge in [0.2, 0.25) is 15.9 Å². The van der Waals surface area contributed by atoms with E-state index in [0.717, 1.165) is 6.42 Å². The molecular formula is C20H23Cl2N3O3S. The molecule has 1 atom stereocenters. The Kier molecular flexibility index (Phi) is 7.05. The lowest BCUT2D eigenvalue weighted by Crippen LogP contribution is -2.42. The van der Waals surface area contributed by atoms with Crippen LogP contribution in [-0.2, 0) is 14.8 Å². The van der Waals surface area contributed by atoms with Gasteiger partial charge in [-0.05, 0) is 67.6 Å². The van der Waals surface area contributed by atoms with Crippen LogP contribution in [0.25, 0.3) is 0 Å². The number of hydrogen-bond acceptors (Lipinski definition) is 4. The quantitative estimate of drug-likeness (QED) is 0.638. The van der Waals surface area contributed by atoms with Crippen molar-refractivity contribution in [3.8, 4) is 0 Å². The molecule has 156 valence electrons. The molecule has 1 heterocycles. The molecule has 1 aliphatic rings. The molecule has 0 saturated carbocycles. The van der Waals surface area contributed by atoms with Crippen LogP contribution < -0.4 is 10.9 Å². The van der Waals surface area contributed by atoms with Gasteiger partial charge in [0.15, 0.2) is 0 Å². The number of hydrogen-bond donors (Lipinski definition) is 2. The Bertz CT molecular complexity index is 981. The minimum Gasteiger partial charge on any atom is -0.299 e. The standard InChI is InChI=1S/C20H23Cl2N3O3S/c1-14-18(22)5-2-6-19(14)29(27,28)25-11-3-4-15(13-25)12-20(26)24-23-17-9-7-16(21)8-10-17/h2,5-10,15,23H,3-4,11-13H2,1H3,(H,24,26). The van der Waals surface area contributed by atoms with Crippen molar-refractivity contribution in [2.24, 2.45) is 5.92 Å². The number of carbonyl (C=O) groups is 1. The highest BCUT2D eigenvalue weighted by Crippen LogP contribution is 2.29. The van der Waals surface area contributed by atoms with Gasteiger partial charge in [-0.15, -0.1) is 0 Å². The zero-order valence-electron chi connectivity index (χ0n) is 16.0. The summed E-state index contributed by atoms with van der Waals surface area (Å²) in [5.74, 6) is -0.242. The summed E-state index contributed by atoms with van der Waals surface area (Å²) in [7, 11) is -3.65. The summed E-state index contributed by atoms with van der Waals surface area (Å²) in [6.07, 6.45) is 1.75. The summed E-state index contributed by atoms with van der Waals surface area (Å²) in [5.41, 5.74) is 6.75. The van der Waals surface area contributed by atoms with Gasteiger partial charge in [-0.1, -0.05) is 29.3 Å². The number of carbonyl (C=O) groups excluding carboxylic acids is 1. The molecule has 0 spiro atoms. The van der Waals surface area contributed by atoms with Crippen LogP contribution in [0.4, 0.5) is 5.69 Å². The highest BCUT2D eigenvalue weighted by atomic mass is 35.5. The molecule has 2 N–H and O–H groups in total. The van der Waals surface area contributed by atoms with E-state index in [1.165, 1.54) is 4.31 Å². The first-order valence-electron chi connectivity index (χ1n) is 9.33. The van der Waals surface area contributed by atoms with Gasteiger partial charge in [0.25, 0.3) is 0 Å². The summed E-state index contributed by atoms with van der Waals surface area (Å²) in [4.78, 5) is 12.5. The Balaban J connectivity index is 1.60. The number of nitrogens with one attached hydrogen (secondary N) is 2. The van der Waals surface area contributed by atoms with E-state index in [4.69, 9.17) is 23.2 Å². The summed E-state index contributed by atoms with van der Waals surface area (Å²) < 4.78 is 27.6. The van der Waals surface area contributed by atoms with Crippen LogP contribution in [-0.4, -0.2) is 31.7 Å². The number of anilines is 1. The first-order valence-corrected chi connectivity index (χ1v) is 11.5. The maximum absolute atomic E-state index is 13.1. The van der Waals surface area contributed by atoms with E-state index in [0.29, 0.717) is 40.8 Å². The van der Waals surface area contributed by atoms with Crippen molar-refractivity contribution in [2.75, 3.05) is 18.5 Å². The van der Waals surface area contributed by atoms with Crippen molar-refractivity contribution in [3.63, 3.8) is 0 Å². The Hall–Kier alpha value is -1.80. The van der Waals surface area contributed by atoms with Crippen LogP contribution in [0, 0.1) is 12.8 Å². The average Bonchev–Trinajstić information content (AvgIpc) is 2.70. The number of benzene rings is 2. The van der Waals surface area contributed by atoms with Crippen LogP contribution in [0.1, 0.15) is 24.8 Å². The predicted molar refractivity (Wildman–Crippen MR) is 116 cm³/mol. The zero-order valence-corrected chi connectivity index (χ0v) is 18.3. The maximum atomic E-state index is 13.1. The Morgan fingerprint density at radius 1 is 1.17 bits per heavy atom. The second-order valence-corrected chi connectivity index (χ2v) is 9.87. The average molecular weight is 456 g/mol. The second-order valence-electron chi connectivity index (χ2n) is 7.12. The lowest BCUT2D eigenvalue weighted by Gasteiger charge is -2.32. The smallest absolute Gasteiger partial charge is 0.243 e. The minimum atomic E-state index is -3.65. The molecule has 0 aromatic heterocycles. The Morgan fingerprint density at radius 3 is 2.62 bits per heavy atom. The molecule has 29 heavy (non-hydrogen) atoms. The lowest BCUT2D eigenvalue weighted by atomic mass is 9.96. The molecule has 1 amide bonds. The molecule has 0 aliphatic carbocycles. The molecule has 6 nitrogen and oxygen atoms in total. The summed E-state index contributed by atoms with van der Waals surface area (Å²) in [6.45, 7) is 2.45.